The van der Waals surface area contributed by atoms with Crippen LogP contribution in [0.1, 0.15) is 46.4 Å². The third-order valence-electron chi connectivity index (χ3n) is 6.72. The van der Waals surface area contributed by atoms with E-state index in [4.69, 9.17) is 31.0 Å². The van der Waals surface area contributed by atoms with E-state index in [1.807, 2.05) is 48.5 Å². The number of carbonyl (C=O) groups is 2. The van der Waals surface area contributed by atoms with Crippen LogP contribution in [0.5, 0.6) is 17.2 Å². The van der Waals surface area contributed by atoms with E-state index < -0.39 is 11.9 Å². The van der Waals surface area contributed by atoms with Crippen molar-refractivity contribution in [1.29, 1.82) is 0 Å². The van der Waals surface area contributed by atoms with Gasteiger partial charge >= 0.3 is 5.97 Å². The highest BCUT2D eigenvalue weighted by Gasteiger charge is 2.22. The SMILES string of the molecule is O=C(Nc1ccccc1C(=O)O)c1ccc(Oc2ccc(OC3CCC(NSc4ccc(Cl)cc4)CC3)cc2)cc1.O=O. The van der Waals surface area contributed by atoms with Crippen molar-refractivity contribution in [3.8, 4) is 17.2 Å². The number of halogens is 1. The number of ether oxygens (including phenoxy) is 2. The summed E-state index contributed by atoms with van der Waals surface area (Å²) in [4.78, 5) is 39.1. The second kappa shape index (κ2) is 15.7. The molecule has 0 aliphatic heterocycles. The number of carboxylic acids is 1. The average Bonchev–Trinajstić information content (AvgIpc) is 3.04. The normalized spacial score (nSPS) is 15.8. The predicted molar refractivity (Wildman–Crippen MR) is 168 cm³/mol. The standard InChI is InChI=1S/C32H29ClN2O5S.O2/c33-22-7-19-28(20-8-22)41-35-23-9-13-25(14-10-23)40-27-17-15-26(16-18-27)39-24-11-5-21(6-12-24)31(36)34-30-4-2-1-3-29(30)32(37)38;1-2/h1-8,11-12,15-20,23,25,35H,9-10,13-14H2,(H,34,36)(H,37,38);. The van der Waals surface area contributed by atoms with E-state index in [1.165, 1.54) is 6.07 Å². The number of carboxylic acid groups (broad SMARTS) is 1. The lowest BCUT2D eigenvalue weighted by Gasteiger charge is -2.29. The molecule has 1 fully saturated rings. The topological polar surface area (TPSA) is 131 Å². The molecule has 1 saturated carbocycles. The highest BCUT2D eigenvalue weighted by Crippen LogP contribution is 2.29. The van der Waals surface area contributed by atoms with Gasteiger partial charge in [0.2, 0.25) is 0 Å². The molecule has 0 radical (unpaired) electrons. The van der Waals surface area contributed by atoms with Crippen LogP contribution < -0.4 is 19.5 Å². The molecule has 0 atom stereocenters. The number of amides is 1. The first kappa shape index (κ1) is 31.6. The molecule has 1 aliphatic rings. The van der Waals surface area contributed by atoms with Crippen molar-refractivity contribution in [2.24, 2.45) is 0 Å². The van der Waals surface area contributed by atoms with Gasteiger partial charge in [0, 0.05) is 31.5 Å². The maximum atomic E-state index is 12.6. The smallest absolute Gasteiger partial charge is 0.337 e. The minimum absolute atomic E-state index is 0.0299. The Morgan fingerprint density at radius 1 is 0.767 bits per heavy atom. The molecule has 3 N–H and O–H groups in total. The van der Waals surface area contributed by atoms with E-state index in [0.717, 1.165) is 41.4 Å². The van der Waals surface area contributed by atoms with Crippen molar-refractivity contribution in [3.05, 3.63) is 123 Å². The maximum absolute atomic E-state index is 12.6. The van der Waals surface area contributed by atoms with Gasteiger partial charge in [-0.05, 0) is 123 Å². The number of nitrogens with one attached hydrogen (secondary N) is 2. The molecule has 9 nitrogen and oxygen atoms in total. The van der Waals surface area contributed by atoms with E-state index in [-0.39, 0.29) is 17.4 Å². The van der Waals surface area contributed by atoms with Crippen LogP contribution in [-0.4, -0.2) is 29.1 Å². The molecular formula is C32H29ClN2O7S. The zero-order valence-corrected chi connectivity index (χ0v) is 24.5. The zero-order chi connectivity index (χ0) is 30.6. The summed E-state index contributed by atoms with van der Waals surface area (Å²) in [5.41, 5.74) is 0.655. The maximum Gasteiger partial charge on any atom is 0.337 e. The van der Waals surface area contributed by atoms with Gasteiger partial charge in [0.1, 0.15) is 17.2 Å². The monoisotopic (exact) mass is 620 g/mol. The fourth-order valence-corrected chi connectivity index (χ4v) is 5.45. The third kappa shape index (κ3) is 9.31. The second-order valence-electron chi connectivity index (χ2n) is 9.67. The minimum atomic E-state index is -1.11. The zero-order valence-electron chi connectivity index (χ0n) is 22.9. The van der Waals surface area contributed by atoms with Gasteiger partial charge in [-0.3, -0.25) is 9.52 Å². The van der Waals surface area contributed by atoms with Crippen molar-refractivity contribution in [2.45, 2.75) is 42.7 Å². The summed E-state index contributed by atoms with van der Waals surface area (Å²) in [7, 11) is 0. The predicted octanol–water partition coefficient (Wildman–Crippen LogP) is 8.14. The number of rotatable bonds is 10. The largest absolute Gasteiger partial charge is 0.490 e. The second-order valence-corrected chi connectivity index (χ2v) is 11.0. The number of benzene rings is 4. The Morgan fingerprint density at radius 2 is 1.35 bits per heavy atom. The lowest BCUT2D eigenvalue weighted by atomic mass is 9.94. The molecule has 5 rings (SSSR count). The molecule has 0 unspecified atom stereocenters. The first-order valence-corrected chi connectivity index (χ1v) is 14.7. The summed E-state index contributed by atoms with van der Waals surface area (Å²) in [6.45, 7) is 0. The van der Waals surface area contributed by atoms with Crippen LogP contribution >= 0.6 is 23.5 Å². The van der Waals surface area contributed by atoms with Gasteiger partial charge in [0.15, 0.2) is 0 Å². The molecule has 222 valence electrons. The van der Waals surface area contributed by atoms with Crippen molar-refractivity contribution in [1.82, 2.24) is 4.72 Å². The van der Waals surface area contributed by atoms with Gasteiger partial charge in [-0.25, -0.2) is 4.79 Å². The van der Waals surface area contributed by atoms with Crippen molar-refractivity contribution in [3.63, 3.8) is 0 Å². The Bertz CT molecular complexity index is 1490. The van der Waals surface area contributed by atoms with Gasteiger partial charge in [-0.1, -0.05) is 23.7 Å². The molecule has 4 aromatic rings. The summed E-state index contributed by atoms with van der Waals surface area (Å²) in [5.74, 6) is 0.515. The van der Waals surface area contributed by atoms with E-state index in [1.54, 1.807) is 54.4 Å². The summed E-state index contributed by atoms with van der Waals surface area (Å²) >= 11 is 7.60. The van der Waals surface area contributed by atoms with Crippen LogP contribution in [0.2, 0.25) is 5.02 Å². The Morgan fingerprint density at radius 3 is 1.98 bits per heavy atom. The Labute approximate surface area is 257 Å². The molecule has 0 aromatic heterocycles. The molecular weight excluding hydrogens is 592 g/mol. The summed E-state index contributed by atoms with van der Waals surface area (Å²) in [6.07, 6.45) is 4.25. The van der Waals surface area contributed by atoms with Crippen LogP contribution in [0.4, 0.5) is 5.69 Å². The number of anilines is 1. The number of carbonyl (C=O) groups excluding carboxylic acids is 1. The summed E-state index contributed by atoms with van der Waals surface area (Å²) in [6, 6.07) is 28.7. The third-order valence-corrected chi connectivity index (χ3v) is 7.93. The average molecular weight is 621 g/mol. The van der Waals surface area contributed by atoms with Crippen molar-refractivity contribution >= 4 is 41.1 Å². The lowest BCUT2D eigenvalue weighted by molar-refractivity contribution is 0.0698. The Kier molecular flexibility index (Phi) is 11.5. The van der Waals surface area contributed by atoms with Crippen molar-refractivity contribution < 1.29 is 24.2 Å². The minimum Gasteiger partial charge on any atom is -0.490 e. The highest BCUT2D eigenvalue weighted by molar-refractivity contribution is 7.97. The van der Waals surface area contributed by atoms with Gasteiger partial charge in [-0.15, -0.1) is 0 Å². The first-order valence-electron chi connectivity index (χ1n) is 13.5. The number of hydrogen-bond acceptors (Lipinski definition) is 8. The molecule has 0 spiro atoms. The molecule has 0 bridgehead atoms. The van der Waals surface area contributed by atoms with Crippen LogP contribution in [0, 0.1) is 9.93 Å². The fraction of sp³-hybridized carbons (Fsp3) is 0.188. The van der Waals surface area contributed by atoms with Crippen LogP contribution in [0.3, 0.4) is 0 Å². The quantitative estimate of drug-likeness (QED) is 0.150. The van der Waals surface area contributed by atoms with E-state index in [9.17, 15) is 14.7 Å². The first-order chi connectivity index (χ1) is 20.9. The highest BCUT2D eigenvalue weighted by atomic mass is 35.5. The van der Waals surface area contributed by atoms with Gasteiger partial charge in [0.05, 0.1) is 17.4 Å². The fourth-order valence-electron chi connectivity index (χ4n) is 4.51. The summed E-state index contributed by atoms with van der Waals surface area (Å²) < 4.78 is 15.7. The van der Waals surface area contributed by atoms with Gasteiger partial charge in [0.25, 0.3) is 5.91 Å². The molecule has 4 aromatic carbocycles. The van der Waals surface area contributed by atoms with Gasteiger partial charge in [-0.2, -0.15) is 0 Å². The number of hydrogen-bond donors (Lipinski definition) is 3. The Hall–Kier alpha value is -4.38. The number of aromatic carboxylic acids is 1. The van der Waals surface area contributed by atoms with Crippen molar-refractivity contribution in [2.75, 3.05) is 5.32 Å². The number of para-hydroxylation sites is 1. The molecule has 0 heterocycles. The molecule has 0 saturated heterocycles. The molecule has 1 aliphatic carbocycles. The Balaban J connectivity index is 0.00000207. The van der Waals surface area contributed by atoms with Crippen LogP contribution in [0.25, 0.3) is 0 Å². The van der Waals surface area contributed by atoms with E-state index in [2.05, 4.69) is 10.0 Å². The van der Waals surface area contributed by atoms with Crippen LogP contribution in [0.15, 0.2) is 102 Å². The molecule has 1 amide bonds. The van der Waals surface area contributed by atoms with E-state index >= 15 is 0 Å². The molecule has 43 heavy (non-hydrogen) atoms. The summed E-state index contributed by atoms with van der Waals surface area (Å²) in [5, 5.41) is 12.7. The van der Waals surface area contributed by atoms with E-state index in [0.29, 0.717) is 23.1 Å². The molecule has 11 heteroatoms. The van der Waals surface area contributed by atoms with Crippen LogP contribution in [-0.2, 0) is 0 Å². The van der Waals surface area contributed by atoms with Gasteiger partial charge < -0.3 is 19.9 Å². The lowest BCUT2D eigenvalue weighted by Crippen LogP contribution is -2.33.